The highest BCUT2D eigenvalue weighted by Gasteiger charge is 2.04. The van der Waals surface area contributed by atoms with Crippen molar-refractivity contribution in [2.45, 2.75) is 13.0 Å². The highest BCUT2D eigenvalue weighted by atomic mass is 35.5. The van der Waals surface area contributed by atoms with Crippen LogP contribution in [0.2, 0.25) is 5.02 Å². The van der Waals surface area contributed by atoms with E-state index < -0.39 is 0 Å². The first kappa shape index (κ1) is 12.7. The molecule has 18 heavy (non-hydrogen) atoms. The molecule has 3 nitrogen and oxygen atoms in total. The van der Waals surface area contributed by atoms with Crippen LogP contribution in [-0.4, -0.2) is 10.5 Å². The van der Waals surface area contributed by atoms with E-state index in [2.05, 4.69) is 5.32 Å². The molecular formula is C14H15ClN2O. The summed E-state index contributed by atoms with van der Waals surface area (Å²) in [5.41, 5.74) is 2.06. The van der Waals surface area contributed by atoms with Crippen LogP contribution in [0.15, 0.2) is 42.7 Å². The van der Waals surface area contributed by atoms with Crippen LogP contribution >= 0.6 is 11.6 Å². The van der Waals surface area contributed by atoms with E-state index in [1.54, 1.807) is 0 Å². The molecule has 0 bridgehead atoms. The lowest BCUT2D eigenvalue weighted by Crippen LogP contribution is -2.24. The summed E-state index contributed by atoms with van der Waals surface area (Å²) in [5, 5.41) is 3.59. The average molecular weight is 263 g/mol. The highest BCUT2D eigenvalue weighted by Crippen LogP contribution is 2.09. The lowest BCUT2D eigenvalue weighted by atomic mass is 10.2. The van der Waals surface area contributed by atoms with Gasteiger partial charge in [-0.2, -0.15) is 0 Å². The first-order valence-electron chi connectivity index (χ1n) is 5.75. The number of carbonyl (C=O) groups is 1. The summed E-state index contributed by atoms with van der Waals surface area (Å²) in [4.78, 5) is 11.7. The van der Waals surface area contributed by atoms with Gasteiger partial charge in [-0.3, -0.25) is 4.79 Å². The van der Waals surface area contributed by atoms with Gasteiger partial charge < -0.3 is 9.88 Å². The van der Waals surface area contributed by atoms with Gasteiger partial charge in [-0.25, -0.2) is 0 Å². The fourth-order valence-corrected chi connectivity index (χ4v) is 1.84. The molecule has 0 aliphatic rings. The van der Waals surface area contributed by atoms with Crippen molar-refractivity contribution in [3.63, 3.8) is 0 Å². The zero-order valence-electron chi connectivity index (χ0n) is 10.2. The Morgan fingerprint density at radius 1 is 1.22 bits per heavy atom. The molecule has 2 aromatic rings. The van der Waals surface area contributed by atoms with Gasteiger partial charge in [0.15, 0.2) is 0 Å². The number of nitrogens with zero attached hydrogens (tertiary/aromatic N) is 1. The van der Waals surface area contributed by atoms with Crippen molar-refractivity contribution in [3.8, 4) is 0 Å². The Hall–Kier alpha value is -1.74. The van der Waals surface area contributed by atoms with Gasteiger partial charge in [-0.1, -0.05) is 23.7 Å². The third-order valence-corrected chi connectivity index (χ3v) is 2.91. The number of amides is 1. The Morgan fingerprint density at radius 2 is 1.94 bits per heavy atom. The van der Waals surface area contributed by atoms with Crippen molar-refractivity contribution in [2.75, 3.05) is 0 Å². The first-order chi connectivity index (χ1) is 8.63. The van der Waals surface area contributed by atoms with Gasteiger partial charge in [0.05, 0.1) is 6.42 Å². The Bertz CT molecular complexity index is 531. The van der Waals surface area contributed by atoms with E-state index in [0.717, 1.165) is 11.1 Å². The number of hydrogen-bond acceptors (Lipinski definition) is 1. The fourth-order valence-electron chi connectivity index (χ4n) is 1.72. The van der Waals surface area contributed by atoms with Crippen molar-refractivity contribution in [2.24, 2.45) is 7.05 Å². The summed E-state index contributed by atoms with van der Waals surface area (Å²) in [6, 6.07) is 9.40. The lowest BCUT2D eigenvalue weighted by molar-refractivity contribution is -0.120. The van der Waals surface area contributed by atoms with E-state index in [1.165, 1.54) is 0 Å². The summed E-state index contributed by atoms with van der Waals surface area (Å²) < 4.78 is 1.93. The molecule has 94 valence electrons. The molecule has 1 amide bonds. The molecule has 1 heterocycles. The van der Waals surface area contributed by atoms with Crippen molar-refractivity contribution in [3.05, 3.63) is 58.9 Å². The van der Waals surface area contributed by atoms with Crippen molar-refractivity contribution in [1.82, 2.24) is 9.88 Å². The van der Waals surface area contributed by atoms with Gasteiger partial charge >= 0.3 is 0 Å². The van der Waals surface area contributed by atoms with Crippen LogP contribution in [0.25, 0.3) is 0 Å². The Labute approximate surface area is 111 Å². The number of benzene rings is 1. The average Bonchev–Trinajstić information content (AvgIpc) is 2.74. The minimum atomic E-state index is 0.0242. The van der Waals surface area contributed by atoms with Crippen molar-refractivity contribution < 1.29 is 4.79 Å². The van der Waals surface area contributed by atoms with Gasteiger partial charge in [0.1, 0.15) is 0 Å². The summed E-state index contributed by atoms with van der Waals surface area (Å²) in [7, 11) is 1.94. The minimum absolute atomic E-state index is 0.0242. The van der Waals surface area contributed by atoms with E-state index in [-0.39, 0.29) is 5.91 Å². The monoisotopic (exact) mass is 262 g/mol. The molecule has 0 saturated heterocycles. The molecule has 0 aliphatic heterocycles. The maximum Gasteiger partial charge on any atom is 0.224 e. The second-order valence-corrected chi connectivity index (χ2v) is 4.70. The smallest absolute Gasteiger partial charge is 0.224 e. The topological polar surface area (TPSA) is 34.0 Å². The number of carbonyl (C=O) groups excluding carboxylic acids is 1. The van der Waals surface area contributed by atoms with E-state index in [4.69, 9.17) is 11.6 Å². The third-order valence-electron chi connectivity index (χ3n) is 2.66. The second-order valence-electron chi connectivity index (χ2n) is 4.27. The number of halogens is 1. The molecule has 0 saturated carbocycles. The van der Waals surface area contributed by atoms with Gasteiger partial charge in [-0.05, 0) is 29.3 Å². The Kier molecular flexibility index (Phi) is 4.05. The van der Waals surface area contributed by atoms with Crippen LogP contribution in [-0.2, 0) is 24.8 Å². The molecule has 1 aromatic carbocycles. The SMILES string of the molecule is Cn1ccc(CC(=O)NCc2ccc(Cl)cc2)c1. The molecule has 0 aliphatic carbocycles. The second kappa shape index (κ2) is 5.74. The molecule has 0 unspecified atom stereocenters. The number of nitrogens with one attached hydrogen (secondary N) is 1. The number of aryl methyl sites for hydroxylation is 1. The third kappa shape index (κ3) is 3.64. The maximum absolute atomic E-state index is 11.7. The maximum atomic E-state index is 11.7. The number of aromatic nitrogens is 1. The summed E-state index contributed by atoms with van der Waals surface area (Å²) in [6.45, 7) is 0.531. The molecule has 0 radical (unpaired) electrons. The molecule has 0 atom stereocenters. The predicted molar refractivity (Wildman–Crippen MR) is 72.4 cm³/mol. The summed E-state index contributed by atoms with van der Waals surface area (Å²) in [6.07, 6.45) is 4.29. The molecule has 1 N–H and O–H groups in total. The van der Waals surface area contributed by atoms with E-state index in [0.29, 0.717) is 18.0 Å². The summed E-state index contributed by atoms with van der Waals surface area (Å²) in [5.74, 6) is 0.0242. The van der Waals surface area contributed by atoms with Gasteiger partial charge in [0, 0.05) is 31.0 Å². The van der Waals surface area contributed by atoms with Crippen LogP contribution in [0.4, 0.5) is 0 Å². The largest absolute Gasteiger partial charge is 0.357 e. The summed E-state index contributed by atoms with van der Waals surface area (Å²) >= 11 is 5.79. The fraction of sp³-hybridized carbons (Fsp3) is 0.214. The van der Waals surface area contributed by atoms with Crippen LogP contribution in [0.1, 0.15) is 11.1 Å². The van der Waals surface area contributed by atoms with Crippen molar-refractivity contribution >= 4 is 17.5 Å². The normalized spacial score (nSPS) is 10.3. The van der Waals surface area contributed by atoms with Crippen molar-refractivity contribution in [1.29, 1.82) is 0 Å². The molecule has 0 spiro atoms. The van der Waals surface area contributed by atoms with Gasteiger partial charge in [-0.15, -0.1) is 0 Å². The van der Waals surface area contributed by atoms with Crippen LogP contribution in [0.3, 0.4) is 0 Å². The van der Waals surface area contributed by atoms with Gasteiger partial charge in [0.25, 0.3) is 0 Å². The predicted octanol–water partition coefficient (Wildman–Crippen LogP) is 2.54. The standard InChI is InChI=1S/C14H15ClN2O/c1-17-7-6-12(10-17)8-14(18)16-9-11-2-4-13(15)5-3-11/h2-7,10H,8-9H2,1H3,(H,16,18). The number of hydrogen-bond donors (Lipinski definition) is 1. The Balaban J connectivity index is 1.83. The minimum Gasteiger partial charge on any atom is -0.357 e. The van der Waals surface area contributed by atoms with E-state index in [9.17, 15) is 4.79 Å². The molecular weight excluding hydrogens is 248 g/mol. The van der Waals surface area contributed by atoms with E-state index in [1.807, 2.05) is 54.3 Å². The molecule has 0 fully saturated rings. The molecule has 2 rings (SSSR count). The zero-order chi connectivity index (χ0) is 13.0. The highest BCUT2D eigenvalue weighted by molar-refractivity contribution is 6.30. The lowest BCUT2D eigenvalue weighted by Gasteiger charge is -2.04. The Morgan fingerprint density at radius 3 is 2.56 bits per heavy atom. The first-order valence-corrected chi connectivity index (χ1v) is 6.13. The zero-order valence-corrected chi connectivity index (χ0v) is 10.9. The van der Waals surface area contributed by atoms with Crippen LogP contribution < -0.4 is 5.32 Å². The van der Waals surface area contributed by atoms with E-state index >= 15 is 0 Å². The van der Waals surface area contributed by atoms with Crippen LogP contribution in [0.5, 0.6) is 0 Å². The number of rotatable bonds is 4. The van der Waals surface area contributed by atoms with Gasteiger partial charge in [0.2, 0.25) is 5.91 Å². The molecule has 4 heteroatoms. The quantitative estimate of drug-likeness (QED) is 0.903. The van der Waals surface area contributed by atoms with Crippen LogP contribution in [0, 0.1) is 0 Å². The molecule has 1 aromatic heterocycles.